The van der Waals surface area contributed by atoms with Gasteiger partial charge in [0.25, 0.3) is 0 Å². The molecule has 2 N–H and O–H groups in total. The highest BCUT2D eigenvalue weighted by molar-refractivity contribution is 5.80. The molecule has 0 amide bonds. The Morgan fingerprint density at radius 3 is 2.38 bits per heavy atom. The molecule has 174 valence electrons. The van der Waals surface area contributed by atoms with Crippen molar-refractivity contribution in [3.8, 4) is 28.6 Å². The first kappa shape index (κ1) is 23.3. The van der Waals surface area contributed by atoms with E-state index >= 15 is 0 Å². The van der Waals surface area contributed by atoms with Crippen LogP contribution >= 0.6 is 0 Å². The van der Waals surface area contributed by atoms with Crippen molar-refractivity contribution in [1.82, 2.24) is 30.2 Å². The Morgan fingerprint density at radius 1 is 1.09 bits per heavy atom. The number of aryl methyl sites for hydroxylation is 1. The number of nitrogens with zero attached hydrogens (tertiary/aromatic N) is 6. The van der Waals surface area contributed by atoms with Gasteiger partial charge in [-0.2, -0.15) is 5.26 Å². The van der Waals surface area contributed by atoms with Crippen molar-refractivity contribution in [2.45, 2.75) is 53.2 Å². The summed E-state index contributed by atoms with van der Waals surface area (Å²) in [5.41, 5.74) is 4.51. The molecule has 0 aliphatic rings. The van der Waals surface area contributed by atoms with Crippen molar-refractivity contribution in [2.75, 3.05) is 0 Å². The van der Waals surface area contributed by atoms with Crippen LogP contribution in [0.25, 0.3) is 22.5 Å². The van der Waals surface area contributed by atoms with Crippen LogP contribution in [0.3, 0.4) is 0 Å². The Hall–Kier alpha value is -3.83. The van der Waals surface area contributed by atoms with Gasteiger partial charge < -0.3 is 9.67 Å². The molecule has 8 heteroatoms. The molecule has 8 nitrogen and oxygen atoms in total. The Morgan fingerprint density at radius 2 is 1.79 bits per heavy atom. The van der Waals surface area contributed by atoms with Crippen LogP contribution in [0, 0.1) is 16.7 Å². The zero-order valence-electron chi connectivity index (χ0n) is 19.9. The van der Waals surface area contributed by atoms with Gasteiger partial charge in [-0.05, 0) is 39.0 Å². The lowest BCUT2D eigenvalue weighted by Gasteiger charge is -2.24. The average molecular weight is 456 g/mol. The maximum absolute atomic E-state index is 10.9. The molecule has 0 aliphatic heterocycles. The topological polar surface area (TPSA) is 116 Å². The molecule has 0 radical (unpaired) electrons. The number of nitrogens with one attached hydrogen (secondary N) is 1. The summed E-state index contributed by atoms with van der Waals surface area (Å²) < 4.78 is 1.94. The average Bonchev–Trinajstić information content (AvgIpc) is 3.47. The number of aromatic amines is 1. The number of aliphatic hydroxyl groups is 1. The lowest BCUT2D eigenvalue weighted by Crippen LogP contribution is -2.19. The minimum Gasteiger partial charge on any atom is -0.386 e. The SMILES string of the molecule is CCCc1nc(C(O)C(C)(C)C)c(C#N)n1Cc1ccc(-c2ccccc2-c2nnn[nH]2)cc1. The monoisotopic (exact) mass is 455 g/mol. The maximum atomic E-state index is 10.9. The van der Waals surface area contributed by atoms with Crippen LogP contribution in [0.1, 0.15) is 63.0 Å². The molecule has 0 bridgehead atoms. The van der Waals surface area contributed by atoms with Crippen LogP contribution in [-0.4, -0.2) is 35.3 Å². The predicted molar refractivity (Wildman–Crippen MR) is 130 cm³/mol. The van der Waals surface area contributed by atoms with Gasteiger partial charge in [-0.25, -0.2) is 10.1 Å². The first-order chi connectivity index (χ1) is 16.3. The van der Waals surface area contributed by atoms with Crippen molar-refractivity contribution in [1.29, 1.82) is 5.26 Å². The van der Waals surface area contributed by atoms with Crippen molar-refractivity contribution >= 4 is 0 Å². The molecule has 0 saturated heterocycles. The maximum Gasteiger partial charge on any atom is 0.180 e. The van der Waals surface area contributed by atoms with Gasteiger partial charge in [0.1, 0.15) is 29.4 Å². The predicted octanol–water partition coefficient (Wildman–Crippen LogP) is 4.68. The molecule has 4 aromatic rings. The number of H-pyrrole nitrogens is 1. The van der Waals surface area contributed by atoms with Crippen LogP contribution in [0.2, 0.25) is 0 Å². The number of nitriles is 1. The van der Waals surface area contributed by atoms with Crippen molar-refractivity contribution in [2.24, 2.45) is 5.41 Å². The number of imidazole rings is 1. The minimum atomic E-state index is -0.816. The largest absolute Gasteiger partial charge is 0.386 e. The smallest absolute Gasteiger partial charge is 0.180 e. The first-order valence-corrected chi connectivity index (χ1v) is 11.4. The molecule has 1 unspecified atom stereocenters. The van der Waals surface area contributed by atoms with Crippen molar-refractivity contribution < 1.29 is 5.11 Å². The quantitative estimate of drug-likeness (QED) is 0.418. The van der Waals surface area contributed by atoms with Crippen molar-refractivity contribution in [3.63, 3.8) is 0 Å². The fourth-order valence-corrected chi connectivity index (χ4v) is 4.01. The van der Waals surface area contributed by atoms with E-state index in [4.69, 9.17) is 4.98 Å². The zero-order chi connectivity index (χ0) is 24.3. The highest BCUT2D eigenvalue weighted by Gasteiger charge is 2.31. The molecule has 2 heterocycles. The van der Waals surface area contributed by atoms with Gasteiger partial charge in [0, 0.05) is 18.5 Å². The van der Waals surface area contributed by atoms with Gasteiger partial charge in [0.15, 0.2) is 5.82 Å². The second-order valence-corrected chi connectivity index (χ2v) is 9.47. The van der Waals surface area contributed by atoms with Gasteiger partial charge in [0.2, 0.25) is 0 Å². The van der Waals surface area contributed by atoms with Gasteiger partial charge in [0.05, 0.1) is 0 Å². The highest BCUT2D eigenvalue weighted by atomic mass is 16.3. The van der Waals surface area contributed by atoms with E-state index in [0.717, 1.165) is 40.9 Å². The van der Waals surface area contributed by atoms with Crippen LogP contribution in [-0.2, 0) is 13.0 Å². The third kappa shape index (κ3) is 4.61. The number of rotatable bonds is 7. The Bertz CT molecular complexity index is 1290. The van der Waals surface area contributed by atoms with E-state index in [1.54, 1.807) is 0 Å². The third-order valence-electron chi connectivity index (χ3n) is 5.87. The lowest BCUT2D eigenvalue weighted by molar-refractivity contribution is 0.0588. The Kier molecular flexibility index (Phi) is 6.57. The van der Waals surface area contributed by atoms with E-state index in [9.17, 15) is 10.4 Å². The molecule has 2 aromatic heterocycles. The van der Waals surface area contributed by atoms with Gasteiger partial charge >= 0.3 is 0 Å². The number of aliphatic hydroxyl groups excluding tert-OH is 1. The van der Waals surface area contributed by atoms with Gasteiger partial charge in [-0.1, -0.05) is 76.2 Å². The molecule has 0 saturated carbocycles. The number of hydrogen-bond acceptors (Lipinski definition) is 6. The fraction of sp³-hybridized carbons (Fsp3) is 0.346. The highest BCUT2D eigenvalue weighted by Crippen LogP contribution is 2.35. The molecular weight excluding hydrogens is 426 g/mol. The standard InChI is InChI=1S/C26H29N7O/c1-5-8-22-28-23(24(34)26(2,3)4)21(15-27)33(22)16-17-11-13-18(14-12-17)19-9-6-7-10-20(19)25-29-31-32-30-25/h6-7,9-14,24,34H,5,8,16H2,1-4H3,(H,29,30,31,32). The van der Waals surface area contributed by atoms with E-state index in [1.807, 2.05) is 49.6 Å². The second kappa shape index (κ2) is 9.57. The van der Waals surface area contributed by atoms with E-state index in [1.165, 1.54) is 0 Å². The summed E-state index contributed by atoms with van der Waals surface area (Å²) in [6, 6.07) is 18.5. The molecule has 0 spiro atoms. The first-order valence-electron chi connectivity index (χ1n) is 11.4. The molecule has 0 aliphatic carbocycles. The van der Waals surface area contributed by atoms with E-state index < -0.39 is 11.5 Å². The summed E-state index contributed by atoms with van der Waals surface area (Å²) >= 11 is 0. The van der Waals surface area contributed by atoms with Crippen LogP contribution in [0.4, 0.5) is 0 Å². The molecule has 4 rings (SSSR count). The van der Waals surface area contributed by atoms with Gasteiger partial charge in [-0.3, -0.25) is 0 Å². The fourth-order valence-electron chi connectivity index (χ4n) is 4.01. The van der Waals surface area contributed by atoms with Crippen LogP contribution in [0.15, 0.2) is 48.5 Å². The molecule has 34 heavy (non-hydrogen) atoms. The van der Waals surface area contributed by atoms with Crippen LogP contribution < -0.4 is 0 Å². The van der Waals surface area contributed by atoms with E-state index in [0.29, 0.717) is 23.8 Å². The Balaban J connectivity index is 1.68. The number of tetrazole rings is 1. The third-order valence-corrected chi connectivity index (χ3v) is 5.87. The summed E-state index contributed by atoms with van der Waals surface area (Å²) in [6.45, 7) is 8.44. The molecular formula is C26H29N7O. The summed E-state index contributed by atoms with van der Waals surface area (Å²) in [6.07, 6.45) is 0.824. The summed E-state index contributed by atoms with van der Waals surface area (Å²) in [4.78, 5) is 4.71. The van der Waals surface area contributed by atoms with E-state index in [-0.39, 0.29) is 0 Å². The second-order valence-electron chi connectivity index (χ2n) is 9.47. The lowest BCUT2D eigenvalue weighted by atomic mass is 9.86. The molecule has 2 aromatic carbocycles. The minimum absolute atomic E-state index is 0.414. The van der Waals surface area contributed by atoms with Gasteiger partial charge in [-0.15, -0.1) is 5.10 Å². The summed E-state index contributed by atoms with van der Waals surface area (Å²) in [7, 11) is 0. The Labute approximate surface area is 199 Å². The van der Waals surface area contributed by atoms with Crippen LogP contribution in [0.5, 0.6) is 0 Å². The molecule has 1 atom stereocenters. The zero-order valence-corrected chi connectivity index (χ0v) is 19.9. The summed E-state index contributed by atoms with van der Waals surface area (Å²) in [5.74, 6) is 1.44. The summed E-state index contributed by atoms with van der Waals surface area (Å²) in [5, 5.41) is 35.1. The molecule has 0 fully saturated rings. The normalized spacial score (nSPS) is 12.5. The number of aromatic nitrogens is 6. The van der Waals surface area contributed by atoms with E-state index in [2.05, 4.69) is 57.9 Å². The van der Waals surface area contributed by atoms with Crippen molar-refractivity contribution in [3.05, 3.63) is 71.3 Å². The number of benzene rings is 2. The number of hydrogen-bond donors (Lipinski definition) is 2.